The first-order valence-corrected chi connectivity index (χ1v) is 17.9. The lowest BCUT2D eigenvalue weighted by Gasteiger charge is -2.14. The fourth-order valence-electron chi connectivity index (χ4n) is 7.93. The second-order valence-electron chi connectivity index (χ2n) is 13.6. The third-order valence-corrected chi connectivity index (χ3v) is 10.5. The van der Waals surface area contributed by atoms with Crippen molar-refractivity contribution in [2.24, 2.45) is 0 Å². The second kappa shape index (κ2) is 11.7. The molecule has 11 aromatic rings. The van der Waals surface area contributed by atoms with Crippen molar-refractivity contribution in [1.29, 1.82) is 0 Å². The molecule has 0 fully saturated rings. The first-order valence-electron chi connectivity index (χ1n) is 17.9. The molecule has 0 radical (unpaired) electrons. The first-order chi connectivity index (χ1) is 26.2. The summed E-state index contributed by atoms with van der Waals surface area (Å²) in [5.74, 6) is 1.93. The summed E-state index contributed by atoms with van der Waals surface area (Å²) in [6.07, 6.45) is 0. The smallest absolute Gasteiger partial charge is 0.164 e. The lowest BCUT2D eigenvalue weighted by molar-refractivity contribution is 0.669. The quantitative estimate of drug-likeness (QED) is 0.170. The van der Waals surface area contributed by atoms with Gasteiger partial charge in [0.25, 0.3) is 0 Å². The number of hydrogen-bond donors (Lipinski definition) is 0. The van der Waals surface area contributed by atoms with E-state index in [0.717, 1.165) is 44.4 Å². The number of nitrogens with zero attached hydrogens (tertiary/aromatic N) is 3. The molecule has 2 aromatic heterocycles. The van der Waals surface area contributed by atoms with E-state index < -0.39 is 0 Å². The Kier molecular flexibility index (Phi) is 6.52. The van der Waals surface area contributed by atoms with Crippen LogP contribution in [0.3, 0.4) is 0 Å². The highest BCUT2D eigenvalue weighted by atomic mass is 16.3. The molecular formula is C49H29N3O. The van der Waals surface area contributed by atoms with Gasteiger partial charge in [-0.2, -0.15) is 0 Å². The van der Waals surface area contributed by atoms with Crippen LogP contribution >= 0.6 is 0 Å². The van der Waals surface area contributed by atoms with E-state index in [1.54, 1.807) is 0 Å². The van der Waals surface area contributed by atoms with Gasteiger partial charge in [0.05, 0.1) is 0 Å². The molecule has 0 aliphatic rings. The van der Waals surface area contributed by atoms with Crippen LogP contribution in [0.15, 0.2) is 180 Å². The highest BCUT2D eigenvalue weighted by molar-refractivity contribution is 6.35. The SMILES string of the molecule is c1ccc(-c2nc(-c3ccc(-c4ccc5c(c4)c4c(-c6ccccc6)ccc6oc7cccc5c7c64)cc3)nc(-c3ccc4ccccc4c3)n2)cc1. The van der Waals surface area contributed by atoms with Crippen molar-refractivity contribution in [2.45, 2.75) is 0 Å². The van der Waals surface area contributed by atoms with Gasteiger partial charge in [0, 0.05) is 32.8 Å². The molecule has 4 nitrogen and oxygen atoms in total. The normalized spacial score (nSPS) is 11.8. The van der Waals surface area contributed by atoms with Crippen LogP contribution in [0.1, 0.15) is 0 Å². The van der Waals surface area contributed by atoms with Gasteiger partial charge in [0.15, 0.2) is 17.5 Å². The Labute approximate surface area is 305 Å². The topological polar surface area (TPSA) is 51.8 Å². The van der Waals surface area contributed by atoms with E-state index in [0.29, 0.717) is 17.5 Å². The van der Waals surface area contributed by atoms with Crippen molar-refractivity contribution in [3.63, 3.8) is 0 Å². The van der Waals surface area contributed by atoms with Crippen molar-refractivity contribution in [3.05, 3.63) is 176 Å². The summed E-state index contributed by atoms with van der Waals surface area (Å²) in [7, 11) is 0. The molecule has 0 aliphatic carbocycles. The van der Waals surface area contributed by atoms with Gasteiger partial charge in [-0.05, 0) is 73.5 Å². The van der Waals surface area contributed by atoms with Gasteiger partial charge in [-0.15, -0.1) is 0 Å². The maximum atomic E-state index is 6.42. The molecule has 0 spiro atoms. The Morgan fingerprint density at radius 2 is 0.906 bits per heavy atom. The van der Waals surface area contributed by atoms with E-state index in [-0.39, 0.29) is 0 Å². The molecule has 0 amide bonds. The van der Waals surface area contributed by atoms with Gasteiger partial charge in [0.1, 0.15) is 11.2 Å². The van der Waals surface area contributed by atoms with Gasteiger partial charge in [-0.3, -0.25) is 0 Å². The highest BCUT2D eigenvalue weighted by Crippen LogP contribution is 2.46. The predicted octanol–water partition coefficient (Wildman–Crippen LogP) is 13.0. The molecule has 0 saturated carbocycles. The Morgan fingerprint density at radius 1 is 0.302 bits per heavy atom. The van der Waals surface area contributed by atoms with Gasteiger partial charge < -0.3 is 4.42 Å². The average Bonchev–Trinajstić information content (AvgIpc) is 3.63. The molecule has 9 aromatic carbocycles. The largest absolute Gasteiger partial charge is 0.456 e. The maximum Gasteiger partial charge on any atom is 0.164 e. The number of rotatable bonds is 5. The molecule has 53 heavy (non-hydrogen) atoms. The summed E-state index contributed by atoms with van der Waals surface area (Å²) in [4.78, 5) is 15.0. The summed E-state index contributed by atoms with van der Waals surface area (Å²) >= 11 is 0. The number of aromatic nitrogens is 3. The number of furan rings is 1. The Morgan fingerprint density at radius 3 is 1.68 bits per heavy atom. The van der Waals surface area contributed by atoms with E-state index in [9.17, 15) is 0 Å². The molecule has 0 N–H and O–H groups in total. The van der Waals surface area contributed by atoms with Gasteiger partial charge in [-0.25, -0.2) is 15.0 Å². The third-order valence-electron chi connectivity index (χ3n) is 10.5. The Hall–Kier alpha value is -7.17. The molecule has 0 atom stereocenters. The van der Waals surface area contributed by atoms with E-state index >= 15 is 0 Å². The Bertz CT molecular complexity index is 3150. The summed E-state index contributed by atoms with van der Waals surface area (Å²) < 4.78 is 6.42. The number of benzene rings is 9. The van der Waals surface area contributed by atoms with Crippen molar-refractivity contribution >= 4 is 54.3 Å². The fourth-order valence-corrected chi connectivity index (χ4v) is 7.93. The van der Waals surface area contributed by atoms with Crippen LogP contribution in [0.4, 0.5) is 0 Å². The first kappa shape index (κ1) is 29.5. The molecule has 246 valence electrons. The third kappa shape index (κ3) is 4.80. The van der Waals surface area contributed by atoms with E-state index in [1.165, 1.54) is 48.8 Å². The zero-order valence-corrected chi connectivity index (χ0v) is 28.5. The molecular weight excluding hydrogens is 647 g/mol. The van der Waals surface area contributed by atoms with Gasteiger partial charge in [0.2, 0.25) is 0 Å². The Balaban J connectivity index is 1.06. The van der Waals surface area contributed by atoms with Crippen LogP contribution in [0, 0.1) is 0 Å². The predicted molar refractivity (Wildman–Crippen MR) is 218 cm³/mol. The van der Waals surface area contributed by atoms with Crippen LogP contribution in [0.25, 0.3) is 111 Å². The monoisotopic (exact) mass is 675 g/mol. The standard InChI is InChI=1S/C49H29N3O/c1-3-11-32(12-4-1)38-26-27-43-46-44(38)41-29-36(24-25-39(41)40-16-9-17-42(53-43)45(40)46)31-18-21-34(22-19-31)48-50-47(33-13-5-2-6-14-33)51-49(52-48)37-23-20-30-10-7-8-15-35(30)28-37/h1-29H. The van der Waals surface area contributed by atoms with Crippen molar-refractivity contribution < 1.29 is 4.42 Å². The highest BCUT2D eigenvalue weighted by Gasteiger charge is 2.21. The average molecular weight is 676 g/mol. The van der Waals surface area contributed by atoms with Gasteiger partial charge in [-0.1, -0.05) is 152 Å². The summed E-state index contributed by atoms with van der Waals surface area (Å²) in [5, 5.41) is 9.56. The van der Waals surface area contributed by atoms with Crippen molar-refractivity contribution in [2.75, 3.05) is 0 Å². The lowest BCUT2D eigenvalue weighted by atomic mass is 9.88. The van der Waals surface area contributed by atoms with E-state index in [4.69, 9.17) is 19.4 Å². The summed E-state index contributed by atoms with van der Waals surface area (Å²) in [5.41, 5.74) is 9.33. The minimum Gasteiger partial charge on any atom is -0.456 e. The number of fused-ring (bicyclic) bond motifs is 4. The zero-order chi connectivity index (χ0) is 34.9. The molecule has 0 unspecified atom stereocenters. The van der Waals surface area contributed by atoms with Crippen LogP contribution in [-0.2, 0) is 0 Å². The molecule has 0 aliphatic heterocycles. The van der Waals surface area contributed by atoms with Crippen LogP contribution in [0.2, 0.25) is 0 Å². The maximum absolute atomic E-state index is 6.42. The van der Waals surface area contributed by atoms with Crippen LogP contribution in [-0.4, -0.2) is 15.0 Å². The molecule has 11 rings (SSSR count). The summed E-state index contributed by atoms with van der Waals surface area (Å²) in [6.45, 7) is 0. The van der Waals surface area contributed by atoms with E-state index in [1.807, 2.05) is 30.3 Å². The van der Waals surface area contributed by atoms with Gasteiger partial charge >= 0.3 is 0 Å². The fraction of sp³-hybridized carbons (Fsp3) is 0. The minimum absolute atomic E-state index is 0.638. The van der Waals surface area contributed by atoms with Crippen molar-refractivity contribution in [3.8, 4) is 56.4 Å². The summed E-state index contributed by atoms with van der Waals surface area (Å²) in [6, 6.07) is 61.6. The molecule has 4 heteroatoms. The lowest BCUT2D eigenvalue weighted by Crippen LogP contribution is -2.00. The van der Waals surface area contributed by atoms with Crippen molar-refractivity contribution in [1.82, 2.24) is 15.0 Å². The van der Waals surface area contributed by atoms with E-state index in [2.05, 4.69) is 146 Å². The molecule has 0 bridgehead atoms. The van der Waals surface area contributed by atoms with Crippen LogP contribution in [0.5, 0.6) is 0 Å². The van der Waals surface area contributed by atoms with Crippen LogP contribution < -0.4 is 0 Å². The minimum atomic E-state index is 0.638. The second-order valence-corrected chi connectivity index (χ2v) is 13.6. The molecule has 2 heterocycles. The number of hydrogen-bond acceptors (Lipinski definition) is 4. The molecule has 0 saturated heterocycles. The zero-order valence-electron chi connectivity index (χ0n) is 28.5.